The minimum atomic E-state index is 0.687. The molecule has 0 bridgehead atoms. The van der Waals surface area contributed by atoms with Gasteiger partial charge in [0, 0.05) is 19.5 Å². The van der Waals surface area contributed by atoms with Gasteiger partial charge < -0.3 is 4.90 Å². The molecule has 2 heteroatoms. The van der Waals surface area contributed by atoms with Crippen molar-refractivity contribution in [3.8, 4) is 6.07 Å². The molecule has 0 saturated heterocycles. The number of hydrogen-bond donors (Lipinski definition) is 0. The molecule has 82 valence electrons. The number of rotatable bonds is 7. The number of unbranched alkanes of at least 4 members (excludes halogenated alkanes) is 1. The maximum atomic E-state index is 8.47. The van der Waals surface area contributed by atoms with Crippen LogP contribution in [-0.4, -0.2) is 24.5 Å². The first-order chi connectivity index (χ1) is 6.56. The SMILES string of the molecule is CC(C)CN(CCCC#N)CC(C)C. The Morgan fingerprint density at radius 1 is 1.07 bits per heavy atom. The summed E-state index contributed by atoms with van der Waals surface area (Å²) in [6, 6.07) is 2.20. The van der Waals surface area contributed by atoms with Crippen molar-refractivity contribution < 1.29 is 0 Å². The van der Waals surface area contributed by atoms with E-state index in [1.807, 2.05) is 0 Å². The van der Waals surface area contributed by atoms with Gasteiger partial charge in [-0.05, 0) is 24.8 Å². The number of nitrogens with zero attached hydrogens (tertiary/aromatic N) is 2. The van der Waals surface area contributed by atoms with E-state index in [1.165, 1.54) is 0 Å². The average molecular weight is 196 g/mol. The highest BCUT2D eigenvalue weighted by Gasteiger charge is 2.08. The summed E-state index contributed by atoms with van der Waals surface area (Å²) in [6.07, 6.45) is 1.70. The van der Waals surface area contributed by atoms with Crippen molar-refractivity contribution in [1.29, 1.82) is 5.26 Å². The van der Waals surface area contributed by atoms with Crippen molar-refractivity contribution in [3.05, 3.63) is 0 Å². The summed E-state index contributed by atoms with van der Waals surface area (Å²) in [6.45, 7) is 12.4. The molecule has 2 nitrogen and oxygen atoms in total. The quantitative estimate of drug-likeness (QED) is 0.585. The van der Waals surface area contributed by atoms with Gasteiger partial charge in [0.25, 0.3) is 0 Å². The van der Waals surface area contributed by atoms with E-state index in [9.17, 15) is 0 Å². The zero-order chi connectivity index (χ0) is 11.0. The molecule has 0 aromatic carbocycles. The standard InChI is InChI=1S/C12H24N2/c1-11(2)9-14(10-12(3)4)8-6-5-7-13/h11-12H,5-6,8-10H2,1-4H3. The van der Waals surface area contributed by atoms with Crippen LogP contribution in [0.25, 0.3) is 0 Å². The molecular formula is C12H24N2. The molecule has 0 spiro atoms. The number of nitriles is 1. The second-order valence-corrected chi connectivity index (χ2v) is 4.81. The lowest BCUT2D eigenvalue weighted by atomic mass is 10.1. The van der Waals surface area contributed by atoms with Gasteiger partial charge in [0.1, 0.15) is 0 Å². The molecule has 0 N–H and O–H groups in total. The van der Waals surface area contributed by atoms with Crippen LogP contribution in [0.3, 0.4) is 0 Å². The molecule has 0 aliphatic carbocycles. The summed E-state index contributed by atoms with van der Waals surface area (Å²) in [5.41, 5.74) is 0. The second kappa shape index (κ2) is 7.82. The third kappa shape index (κ3) is 8.07. The van der Waals surface area contributed by atoms with Gasteiger partial charge in [-0.2, -0.15) is 5.26 Å². The molecule has 0 aromatic heterocycles. The largest absolute Gasteiger partial charge is 0.303 e. The number of hydrogen-bond acceptors (Lipinski definition) is 2. The molecule has 0 unspecified atom stereocenters. The van der Waals surface area contributed by atoms with Gasteiger partial charge in [-0.1, -0.05) is 27.7 Å². The summed E-state index contributed by atoms with van der Waals surface area (Å²) in [7, 11) is 0. The molecule has 0 aromatic rings. The average Bonchev–Trinajstić information content (AvgIpc) is 2.02. The summed E-state index contributed by atoms with van der Waals surface area (Å²) >= 11 is 0. The first-order valence-electron chi connectivity index (χ1n) is 5.65. The maximum absolute atomic E-state index is 8.47. The molecule has 0 rings (SSSR count). The fourth-order valence-corrected chi connectivity index (χ4v) is 1.67. The van der Waals surface area contributed by atoms with E-state index < -0.39 is 0 Å². The molecule has 0 aliphatic heterocycles. The third-order valence-corrected chi connectivity index (χ3v) is 2.01. The van der Waals surface area contributed by atoms with Crippen LogP contribution in [0.15, 0.2) is 0 Å². The van der Waals surface area contributed by atoms with Crippen LogP contribution in [0.2, 0.25) is 0 Å². The summed E-state index contributed by atoms with van der Waals surface area (Å²) in [5.74, 6) is 1.44. The van der Waals surface area contributed by atoms with Crippen LogP contribution in [0.1, 0.15) is 40.5 Å². The van der Waals surface area contributed by atoms with Crippen molar-refractivity contribution >= 4 is 0 Å². The lowest BCUT2D eigenvalue weighted by Gasteiger charge is -2.25. The smallest absolute Gasteiger partial charge is 0.0622 e. The monoisotopic (exact) mass is 196 g/mol. The van der Waals surface area contributed by atoms with E-state index in [0.717, 1.165) is 37.9 Å². The molecule has 0 fully saturated rings. The van der Waals surface area contributed by atoms with E-state index in [1.54, 1.807) is 0 Å². The first kappa shape index (κ1) is 13.4. The molecule has 0 heterocycles. The van der Waals surface area contributed by atoms with Crippen molar-refractivity contribution in [2.45, 2.75) is 40.5 Å². The first-order valence-corrected chi connectivity index (χ1v) is 5.65. The Morgan fingerprint density at radius 2 is 1.57 bits per heavy atom. The molecule has 0 aliphatic rings. The molecule has 0 radical (unpaired) electrons. The molecule has 0 atom stereocenters. The van der Waals surface area contributed by atoms with E-state index in [4.69, 9.17) is 5.26 Å². The van der Waals surface area contributed by atoms with Gasteiger partial charge in [-0.15, -0.1) is 0 Å². The normalized spacial score (nSPS) is 11.3. The van der Waals surface area contributed by atoms with E-state index in [0.29, 0.717) is 6.42 Å². The van der Waals surface area contributed by atoms with Gasteiger partial charge >= 0.3 is 0 Å². The van der Waals surface area contributed by atoms with Crippen molar-refractivity contribution in [3.63, 3.8) is 0 Å². The van der Waals surface area contributed by atoms with E-state index in [2.05, 4.69) is 38.7 Å². The Kier molecular flexibility index (Phi) is 7.51. The van der Waals surface area contributed by atoms with Gasteiger partial charge in [0.2, 0.25) is 0 Å². The second-order valence-electron chi connectivity index (χ2n) is 4.81. The Bertz CT molecular complexity index is 158. The fraction of sp³-hybridized carbons (Fsp3) is 0.917. The minimum absolute atomic E-state index is 0.687. The summed E-state index contributed by atoms with van der Waals surface area (Å²) in [4.78, 5) is 2.48. The predicted molar refractivity (Wildman–Crippen MR) is 61.0 cm³/mol. The zero-order valence-corrected chi connectivity index (χ0v) is 10.1. The van der Waals surface area contributed by atoms with Crippen LogP contribution >= 0.6 is 0 Å². The zero-order valence-electron chi connectivity index (χ0n) is 10.1. The van der Waals surface area contributed by atoms with Crippen molar-refractivity contribution in [2.75, 3.05) is 19.6 Å². The molecular weight excluding hydrogens is 172 g/mol. The molecule has 0 amide bonds. The van der Waals surface area contributed by atoms with Gasteiger partial charge in [0.15, 0.2) is 0 Å². The highest BCUT2D eigenvalue weighted by Crippen LogP contribution is 2.05. The van der Waals surface area contributed by atoms with Crippen LogP contribution < -0.4 is 0 Å². The van der Waals surface area contributed by atoms with Crippen LogP contribution in [-0.2, 0) is 0 Å². The topological polar surface area (TPSA) is 27.0 Å². The maximum Gasteiger partial charge on any atom is 0.0622 e. The molecule has 14 heavy (non-hydrogen) atoms. The lowest BCUT2D eigenvalue weighted by molar-refractivity contribution is 0.218. The minimum Gasteiger partial charge on any atom is -0.303 e. The van der Waals surface area contributed by atoms with Crippen LogP contribution in [0, 0.1) is 23.2 Å². The Hall–Kier alpha value is -0.550. The van der Waals surface area contributed by atoms with Crippen molar-refractivity contribution in [1.82, 2.24) is 4.90 Å². The highest BCUT2D eigenvalue weighted by atomic mass is 15.1. The van der Waals surface area contributed by atoms with Gasteiger partial charge in [0.05, 0.1) is 6.07 Å². The Balaban J connectivity index is 3.79. The molecule has 0 saturated carbocycles. The predicted octanol–water partition coefficient (Wildman–Crippen LogP) is 2.90. The highest BCUT2D eigenvalue weighted by molar-refractivity contribution is 4.71. The summed E-state index contributed by atoms with van der Waals surface area (Å²) in [5, 5.41) is 8.47. The van der Waals surface area contributed by atoms with E-state index >= 15 is 0 Å². The summed E-state index contributed by atoms with van der Waals surface area (Å²) < 4.78 is 0. The van der Waals surface area contributed by atoms with Crippen LogP contribution in [0.4, 0.5) is 0 Å². The lowest BCUT2D eigenvalue weighted by Crippen LogP contribution is -2.32. The van der Waals surface area contributed by atoms with Gasteiger partial charge in [-0.25, -0.2) is 0 Å². The van der Waals surface area contributed by atoms with Gasteiger partial charge in [-0.3, -0.25) is 0 Å². The van der Waals surface area contributed by atoms with E-state index in [-0.39, 0.29) is 0 Å². The fourth-order valence-electron chi connectivity index (χ4n) is 1.67. The van der Waals surface area contributed by atoms with Crippen LogP contribution in [0.5, 0.6) is 0 Å². The Labute approximate surface area is 88.9 Å². The third-order valence-electron chi connectivity index (χ3n) is 2.01. The van der Waals surface area contributed by atoms with Crippen molar-refractivity contribution in [2.24, 2.45) is 11.8 Å². The Morgan fingerprint density at radius 3 is 1.93 bits per heavy atom.